The summed E-state index contributed by atoms with van der Waals surface area (Å²) in [5.74, 6) is -0.151. The number of carbonyl (C=O) groups excluding carboxylic acids is 2. The minimum Gasteiger partial charge on any atom is -0.508 e. The normalized spacial score (nSPS) is 19.5. The molecule has 9 heteroatoms. The van der Waals surface area contributed by atoms with Gasteiger partial charge in [-0.25, -0.2) is 4.79 Å². The van der Waals surface area contributed by atoms with Crippen LogP contribution in [0, 0.1) is 0 Å². The van der Waals surface area contributed by atoms with Crippen LogP contribution >= 0.6 is 0 Å². The Bertz CT molecular complexity index is 988. The van der Waals surface area contributed by atoms with Gasteiger partial charge in [0.1, 0.15) is 12.3 Å². The lowest BCUT2D eigenvalue weighted by atomic mass is 10.0. The monoisotopic (exact) mass is 447 g/mol. The van der Waals surface area contributed by atoms with Gasteiger partial charge in [0.2, 0.25) is 5.91 Å². The molecule has 4 rings (SSSR count). The van der Waals surface area contributed by atoms with Crippen LogP contribution in [0.4, 0.5) is 23.7 Å². The van der Waals surface area contributed by atoms with E-state index in [1.54, 1.807) is 11.0 Å². The Labute approximate surface area is 183 Å². The lowest BCUT2D eigenvalue weighted by Gasteiger charge is -2.28. The van der Waals surface area contributed by atoms with E-state index in [9.17, 15) is 27.9 Å². The fourth-order valence-electron chi connectivity index (χ4n) is 4.27. The summed E-state index contributed by atoms with van der Waals surface area (Å²) in [5, 5.41) is 9.60. The molecule has 0 aromatic heterocycles. The second-order valence-corrected chi connectivity index (χ2v) is 8.13. The number of nitrogens with zero attached hydrogens (tertiary/aromatic N) is 3. The Morgan fingerprint density at radius 2 is 1.72 bits per heavy atom. The van der Waals surface area contributed by atoms with E-state index in [1.165, 1.54) is 40.1 Å². The van der Waals surface area contributed by atoms with E-state index in [4.69, 9.17) is 0 Å². The minimum atomic E-state index is -4.51. The van der Waals surface area contributed by atoms with Gasteiger partial charge in [-0.3, -0.25) is 9.69 Å². The summed E-state index contributed by atoms with van der Waals surface area (Å²) in [6, 6.07) is 9.63. The quantitative estimate of drug-likeness (QED) is 0.755. The number of piperidine rings is 1. The predicted molar refractivity (Wildman–Crippen MR) is 112 cm³/mol. The lowest BCUT2D eigenvalue weighted by molar-refractivity contribution is -0.137. The standard InChI is InChI=1S/C23H24F3N3O3/c24-23(25,26)17-6-4-5-16(13-17)20-14-28(15-21(31)27-11-2-1-3-12-27)22(32)29(20)18-7-9-19(30)10-8-18/h4-10,13,20,30H,1-3,11-12,14-15H2/t20-/m1/s1. The molecule has 2 aliphatic heterocycles. The van der Waals surface area contributed by atoms with E-state index in [1.807, 2.05) is 0 Å². The number of hydrogen-bond acceptors (Lipinski definition) is 3. The highest BCUT2D eigenvalue weighted by Gasteiger charge is 2.41. The summed E-state index contributed by atoms with van der Waals surface area (Å²) in [7, 11) is 0. The molecule has 2 aromatic rings. The minimum absolute atomic E-state index is 0.00754. The smallest absolute Gasteiger partial charge is 0.416 e. The van der Waals surface area contributed by atoms with Gasteiger partial charge in [0.05, 0.1) is 11.6 Å². The van der Waals surface area contributed by atoms with Crippen LogP contribution in [-0.2, 0) is 11.0 Å². The first-order valence-electron chi connectivity index (χ1n) is 10.6. The van der Waals surface area contributed by atoms with E-state index < -0.39 is 23.8 Å². The molecule has 0 bridgehead atoms. The zero-order chi connectivity index (χ0) is 22.9. The zero-order valence-electron chi connectivity index (χ0n) is 17.4. The molecular formula is C23H24F3N3O3. The van der Waals surface area contributed by atoms with E-state index in [-0.39, 0.29) is 24.7 Å². The van der Waals surface area contributed by atoms with Crippen molar-refractivity contribution in [3.8, 4) is 5.75 Å². The maximum absolute atomic E-state index is 13.3. The topological polar surface area (TPSA) is 64.1 Å². The second-order valence-electron chi connectivity index (χ2n) is 8.13. The van der Waals surface area contributed by atoms with Crippen LogP contribution in [-0.4, -0.2) is 53.0 Å². The van der Waals surface area contributed by atoms with Crippen molar-refractivity contribution < 1.29 is 27.9 Å². The molecule has 2 saturated heterocycles. The molecule has 0 unspecified atom stereocenters. The molecule has 0 spiro atoms. The van der Waals surface area contributed by atoms with Crippen LogP contribution in [0.5, 0.6) is 5.75 Å². The van der Waals surface area contributed by atoms with Gasteiger partial charge in [-0.15, -0.1) is 0 Å². The van der Waals surface area contributed by atoms with Crippen LogP contribution in [0.15, 0.2) is 48.5 Å². The molecule has 0 aliphatic carbocycles. The van der Waals surface area contributed by atoms with E-state index in [0.29, 0.717) is 24.3 Å². The van der Waals surface area contributed by atoms with Crippen molar-refractivity contribution in [1.29, 1.82) is 0 Å². The third-order valence-electron chi connectivity index (χ3n) is 5.94. The Kier molecular flexibility index (Phi) is 5.99. The number of alkyl halides is 3. The van der Waals surface area contributed by atoms with Gasteiger partial charge in [-0.05, 0) is 61.2 Å². The SMILES string of the molecule is O=C(CN1C[C@H](c2cccc(C(F)(F)F)c2)N(c2ccc(O)cc2)C1=O)N1CCCCC1. The van der Waals surface area contributed by atoms with E-state index in [2.05, 4.69) is 0 Å². The van der Waals surface area contributed by atoms with Crippen molar-refractivity contribution in [2.45, 2.75) is 31.5 Å². The zero-order valence-corrected chi connectivity index (χ0v) is 17.4. The molecule has 0 saturated carbocycles. The van der Waals surface area contributed by atoms with Crippen LogP contribution in [0.3, 0.4) is 0 Å². The number of anilines is 1. The highest BCUT2D eigenvalue weighted by Crippen LogP contribution is 2.37. The van der Waals surface area contributed by atoms with E-state index >= 15 is 0 Å². The molecular weight excluding hydrogens is 423 g/mol. The first-order valence-corrected chi connectivity index (χ1v) is 10.6. The van der Waals surface area contributed by atoms with Crippen molar-refractivity contribution in [1.82, 2.24) is 9.80 Å². The number of likely N-dealkylation sites (tertiary alicyclic amines) is 1. The molecule has 2 aromatic carbocycles. The average molecular weight is 447 g/mol. The fraction of sp³-hybridized carbons (Fsp3) is 0.391. The maximum atomic E-state index is 13.3. The molecule has 2 fully saturated rings. The largest absolute Gasteiger partial charge is 0.508 e. The molecule has 32 heavy (non-hydrogen) atoms. The Hall–Kier alpha value is -3.23. The average Bonchev–Trinajstić information content (AvgIpc) is 3.10. The fourth-order valence-corrected chi connectivity index (χ4v) is 4.27. The first kappa shape index (κ1) is 22.0. The number of phenols is 1. The number of rotatable bonds is 4. The molecule has 2 aliphatic rings. The summed E-state index contributed by atoms with van der Waals surface area (Å²) >= 11 is 0. The summed E-state index contributed by atoms with van der Waals surface area (Å²) in [6.45, 7) is 1.27. The molecule has 6 nitrogen and oxygen atoms in total. The van der Waals surface area contributed by atoms with Gasteiger partial charge in [0, 0.05) is 25.3 Å². The predicted octanol–water partition coefficient (Wildman–Crippen LogP) is 4.41. The Morgan fingerprint density at radius 1 is 1.03 bits per heavy atom. The van der Waals surface area contributed by atoms with Crippen molar-refractivity contribution in [3.05, 3.63) is 59.7 Å². The number of aromatic hydroxyl groups is 1. The number of halogens is 3. The maximum Gasteiger partial charge on any atom is 0.416 e. The highest BCUT2D eigenvalue weighted by atomic mass is 19.4. The number of urea groups is 1. The molecule has 3 amide bonds. The number of phenolic OH excluding ortho intramolecular Hbond substituents is 1. The molecule has 0 radical (unpaired) electrons. The summed E-state index contributed by atoms with van der Waals surface area (Å²) < 4.78 is 39.8. The summed E-state index contributed by atoms with van der Waals surface area (Å²) in [6.07, 6.45) is -1.59. The highest BCUT2D eigenvalue weighted by molar-refractivity contribution is 5.97. The van der Waals surface area contributed by atoms with Crippen LogP contribution in [0.2, 0.25) is 0 Å². The van der Waals surface area contributed by atoms with Crippen molar-refractivity contribution in [2.24, 2.45) is 0 Å². The van der Waals surface area contributed by atoms with Gasteiger partial charge in [0.15, 0.2) is 0 Å². The number of amides is 3. The molecule has 1 atom stereocenters. The van der Waals surface area contributed by atoms with Crippen molar-refractivity contribution >= 4 is 17.6 Å². The molecule has 2 heterocycles. The third kappa shape index (κ3) is 4.51. The van der Waals surface area contributed by atoms with Crippen LogP contribution in [0.25, 0.3) is 0 Å². The third-order valence-corrected chi connectivity index (χ3v) is 5.94. The van der Waals surface area contributed by atoms with Gasteiger partial charge >= 0.3 is 12.2 Å². The van der Waals surface area contributed by atoms with Crippen LogP contribution < -0.4 is 4.90 Å². The second kappa shape index (κ2) is 8.72. The number of carbonyl (C=O) groups is 2. The Balaban J connectivity index is 1.64. The molecule has 1 N–H and O–H groups in total. The number of hydrogen-bond donors (Lipinski definition) is 1. The van der Waals surface area contributed by atoms with Crippen molar-refractivity contribution in [3.63, 3.8) is 0 Å². The van der Waals surface area contributed by atoms with E-state index in [0.717, 1.165) is 31.4 Å². The lowest BCUT2D eigenvalue weighted by Crippen LogP contribution is -2.44. The van der Waals surface area contributed by atoms with Gasteiger partial charge in [0.25, 0.3) is 0 Å². The van der Waals surface area contributed by atoms with Gasteiger partial charge in [-0.2, -0.15) is 13.2 Å². The molecule has 170 valence electrons. The van der Waals surface area contributed by atoms with Gasteiger partial charge < -0.3 is 14.9 Å². The van der Waals surface area contributed by atoms with Gasteiger partial charge in [-0.1, -0.05) is 12.1 Å². The summed E-state index contributed by atoms with van der Waals surface area (Å²) in [4.78, 5) is 30.5. The first-order chi connectivity index (χ1) is 15.2. The van der Waals surface area contributed by atoms with Crippen molar-refractivity contribution in [2.75, 3.05) is 31.1 Å². The Morgan fingerprint density at radius 3 is 2.38 bits per heavy atom. The van der Waals surface area contributed by atoms with Crippen LogP contribution in [0.1, 0.15) is 36.4 Å². The summed E-state index contributed by atoms with van der Waals surface area (Å²) in [5.41, 5.74) is -0.0340. The number of benzene rings is 2.